The molecule has 1 amide bonds. The van der Waals surface area contributed by atoms with Gasteiger partial charge in [-0.2, -0.15) is 0 Å². The van der Waals surface area contributed by atoms with Crippen molar-refractivity contribution >= 4 is 15.9 Å². The van der Waals surface area contributed by atoms with E-state index in [0.29, 0.717) is 0 Å². The molecule has 0 bridgehead atoms. The molecule has 21 heavy (non-hydrogen) atoms. The molecule has 1 aromatic rings. The van der Waals surface area contributed by atoms with E-state index in [0.717, 1.165) is 18.4 Å². The van der Waals surface area contributed by atoms with Crippen LogP contribution in [0.1, 0.15) is 37.7 Å². The van der Waals surface area contributed by atoms with Gasteiger partial charge in [0, 0.05) is 6.42 Å². The molecule has 0 aliphatic heterocycles. The fourth-order valence-electron chi connectivity index (χ4n) is 2.57. The van der Waals surface area contributed by atoms with E-state index in [-0.39, 0.29) is 24.0 Å². The van der Waals surface area contributed by atoms with Gasteiger partial charge < -0.3 is 0 Å². The van der Waals surface area contributed by atoms with Crippen LogP contribution < -0.4 is 4.72 Å². The van der Waals surface area contributed by atoms with Crippen LogP contribution in [0.25, 0.3) is 0 Å². The lowest BCUT2D eigenvalue weighted by Crippen LogP contribution is -2.34. The molecule has 0 unspecified atom stereocenters. The summed E-state index contributed by atoms with van der Waals surface area (Å²) in [5.41, 5.74) is 0.953. The summed E-state index contributed by atoms with van der Waals surface area (Å²) in [6.45, 7) is 1.85. The SMILES string of the molecule is C[C@@H](CS(=O)(=O)NC(=O)C[C@@H]1C=CCC1)c1ccccc1. The van der Waals surface area contributed by atoms with E-state index in [4.69, 9.17) is 0 Å². The monoisotopic (exact) mass is 307 g/mol. The average Bonchev–Trinajstić information content (AvgIpc) is 2.91. The topological polar surface area (TPSA) is 63.2 Å². The summed E-state index contributed by atoms with van der Waals surface area (Å²) in [6, 6.07) is 9.44. The second-order valence-corrected chi connectivity index (χ2v) is 7.36. The Morgan fingerprint density at radius 2 is 2.05 bits per heavy atom. The minimum absolute atomic E-state index is 0.0801. The molecule has 5 heteroatoms. The summed E-state index contributed by atoms with van der Waals surface area (Å²) in [6.07, 6.45) is 6.15. The van der Waals surface area contributed by atoms with Crippen LogP contribution in [0.3, 0.4) is 0 Å². The zero-order valence-electron chi connectivity index (χ0n) is 12.2. The van der Waals surface area contributed by atoms with Crippen molar-refractivity contribution in [2.45, 2.75) is 32.1 Å². The molecular weight excluding hydrogens is 286 g/mol. The molecule has 1 N–H and O–H groups in total. The molecule has 2 rings (SSSR count). The summed E-state index contributed by atoms with van der Waals surface area (Å²) in [7, 11) is -3.59. The molecule has 0 aromatic heterocycles. The molecule has 1 aliphatic rings. The third-order valence-corrected chi connectivity index (χ3v) is 5.14. The largest absolute Gasteiger partial charge is 0.274 e. The highest BCUT2D eigenvalue weighted by molar-refractivity contribution is 7.90. The minimum Gasteiger partial charge on any atom is -0.274 e. The Labute approximate surface area is 126 Å². The van der Waals surface area contributed by atoms with Gasteiger partial charge >= 0.3 is 0 Å². The van der Waals surface area contributed by atoms with E-state index in [1.807, 2.05) is 49.4 Å². The van der Waals surface area contributed by atoms with Gasteiger partial charge in [0.05, 0.1) is 5.75 Å². The highest BCUT2D eigenvalue weighted by Gasteiger charge is 2.21. The van der Waals surface area contributed by atoms with Crippen LogP contribution in [0.5, 0.6) is 0 Å². The predicted octanol–water partition coefficient (Wildman–Crippen LogP) is 2.59. The Balaban J connectivity index is 1.89. The fraction of sp³-hybridized carbons (Fsp3) is 0.438. The van der Waals surface area contributed by atoms with Crippen LogP contribution in [0.15, 0.2) is 42.5 Å². The number of sulfonamides is 1. The maximum atomic E-state index is 12.0. The highest BCUT2D eigenvalue weighted by atomic mass is 32.2. The molecule has 0 saturated heterocycles. The molecule has 0 saturated carbocycles. The molecule has 0 radical (unpaired) electrons. The average molecular weight is 307 g/mol. The molecular formula is C16H21NO3S. The number of hydrogen-bond donors (Lipinski definition) is 1. The number of benzene rings is 1. The first-order valence-corrected chi connectivity index (χ1v) is 8.86. The molecule has 0 fully saturated rings. The lowest BCUT2D eigenvalue weighted by atomic mass is 10.0. The van der Waals surface area contributed by atoms with Gasteiger partial charge in [0.25, 0.3) is 0 Å². The maximum Gasteiger partial charge on any atom is 0.235 e. The van der Waals surface area contributed by atoms with Gasteiger partial charge in [0.1, 0.15) is 0 Å². The third kappa shape index (κ3) is 5.01. The van der Waals surface area contributed by atoms with Crippen LogP contribution in [0, 0.1) is 5.92 Å². The third-order valence-electron chi connectivity index (χ3n) is 3.67. The summed E-state index contributed by atoms with van der Waals surface area (Å²) >= 11 is 0. The van der Waals surface area contributed by atoms with Crippen molar-refractivity contribution in [2.24, 2.45) is 5.92 Å². The van der Waals surface area contributed by atoms with Crippen LogP contribution in [-0.4, -0.2) is 20.1 Å². The first-order valence-electron chi connectivity index (χ1n) is 7.21. The van der Waals surface area contributed by atoms with E-state index in [2.05, 4.69) is 4.72 Å². The molecule has 114 valence electrons. The Hall–Kier alpha value is -1.62. The second kappa shape index (κ2) is 6.89. The number of amides is 1. The van der Waals surface area contributed by atoms with Gasteiger partial charge in [-0.3, -0.25) is 9.52 Å². The highest BCUT2D eigenvalue weighted by Crippen LogP contribution is 2.20. The number of carbonyl (C=O) groups excluding carboxylic acids is 1. The zero-order valence-corrected chi connectivity index (χ0v) is 13.0. The first kappa shape index (κ1) is 15.8. The lowest BCUT2D eigenvalue weighted by molar-refractivity contribution is -0.119. The minimum atomic E-state index is -3.59. The number of carbonyl (C=O) groups is 1. The Morgan fingerprint density at radius 3 is 2.67 bits per heavy atom. The molecule has 1 aromatic carbocycles. The van der Waals surface area contributed by atoms with Crippen LogP contribution in [-0.2, 0) is 14.8 Å². The van der Waals surface area contributed by atoms with Crippen molar-refractivity contribution in [3.63, 3.8) is 0 Å². The van der Waals surface area contributed by atoms with Crippen molar-refractivity contribution < 1.29 is 13.2 Å². The number of hydrogen-bond acceptors (Lipinski definition) is 3. The summed E-state index contributed by atoms with van der Waals surface area (Å²) < 4.78 is 26.3. The predicted molar refractivity (Wildman–Crippen MR) is 83.3 cm³/mol. The first-order chi connectivity index (χ1) is 9.96. The van der Waals surface area contributed by atoms with E-state index in [9.17, 15) is 13.2 Å². The fourth-order valence-corrected chi connectivity index (χ4v) is 3.93. The molecule has 0 heterocycles. The summed E-state index contributed by atoms with van der Waals surface area (Å²) in [4.78, 5) is 11.8. The second-order valence-electron chi connectivity index (χ2n) is 5.59. The molecule has 2 atom stereocenters. The van der Waals surface area contributed by atoms with Gasteiger partial charge in [-0.1, -0.05) is 49.4 Å². The standard InChI is InChI=1S/C16H21NO3S/c1-13(15-9-3-2-4-10-15)12-21(19,20)17-16(18)11-14-7-5-6-8-14/h2-5,7,9-10,13-14H,6,8,11-12H2,1H3,(H,17,18)/t13-,14+/m0/s1. The van der Waals surface area contributed by atoms with Crippen molar-refractivity contribution in [3.8, 4) is 0 Å². The Morgan fingerprint density at radius 1 is 1.33 bits per heavy atom. The number of rotatable bonds is 6. The van der Waals surface area contributed by atoms with Gasteiger partial charge in [-0.05, 0) is 30.2 Å². The Bertz CT molecular complexity index is 608. The Kier molecular flexibility index (Phi) is 5.17. The zero-order chi connectivity index (χ0) is 15.3. The van der Waals surface area contributed by atoms with E-state index in [1.54, 1.807) is 0 Å². The van der Waals surface area contributed by atoms with Crippen LogP contribution >= 0.6 is 0 Å². The smallest absolute Gasteiger partial charge is 0.235 e. The van der Waals surface area contributed by atoms with Crippen molar-refractivity contribution in [3.05, 3.63) is 48.0 Å². The van der Waals surface area contributed by atoms with Crippen LogP contribution in [0.4, 0.5) is 0 Å². The van der Waals surface area contributed by atoms with Gasteiger partial charge in [-0.25, -0.2) is 8.42 Å². The van der Waals surface area contributed by atoms with Gasteiger partial charge in [-0.15, -0.1) is 0 Å². The molecule has 1 aliphatic carbocycles. The van der Waals surface area contributed by atoms with E-state index < -0.39 is 15.9 Å². The van der Waals surface area contributed by atoms with Gasteiger partial charge in [0.2, 0.25) is 15.9 Å². The van der Waals surface area contributed by atoms with Crippen molar-refractivity contribution in [1.29, 1.82) is 0 Å². The molecule has 0 spiro atoms. The quantitative estimate of drug-likeness (QED) is 0.822. The van der Waals surface area contributed by atoms with Crippen molar-refractivity contribution in [2.75, 3.05) is 5.75 Å². The summed E-state index contributed by atoms with van der Waals surface area (Å²) in [5.74, 6) is -0.468. The van der Waals surface area contributed by atoms with Gasteiger partial charge in [0.15, 0.2) is 0 Å². The van der Waals surface area contributed by atoms with Crippen molar-refractivity contribution in [1.82, 2.24) is 4.72 Å². The number of nitrogens with one attached hydrogen (secondary N) is 1. The normalized spacial score (nSPS) is 19.4. The van der Waals surface area contributed by atoms with Crippen LogP contribution in [0.2, 0.25) is 0 Å². The molecule has 4 nitrogen and oxygen atoms in total. The van der Waals surface area contributed by atoms with E-state index in [1.165, 1.54) is 0 Å². The maximum absolute atomic E-state index is 12.0. The number of allylic oxidation sites excluding steroid dienone is 2. The lowest BCUT2D eigenvalue weighted by Gasteiger charge is -2.14. The summed E-state index contributed by atoms with van der Waals surface area (Å²) in [5, 5.41) is 0. The van der Waals surface area contributed by atoms with E-state index >= 15 is 0 Å².